The molecule has 0 radical (unpaired) electrons. The van der Waals surface area contributed by atoms with E-state index in [0.717, 1.165) is 22.8 Å². The predicted octanol–water partition coefficient (Wildman–Crippen LogP) is 2.86. The predicted molar refractivity (Wildman–Crippen MR) is 73.7 cm³/mol. The van der Waals surface area contributed by atoms with Crippen LogP contribution in [0.3, 0.4) is 0 Å². The number of nitrogens with zero attached hydrogens (tertiary/aromatic N) is 2. The van der Waals surface area contributed by atoms with Crippen molar-refractivity contribution < 1.29 is 5.11 Å². The van der Waals surface area contributed by atoms with Crippen molar-refractivity contribution in [1.29, 1.82) is 0 Å². The third kappa shape index (κ3) is 3.00. The summed E-state index contributed by atoms with van der Waals surface area (Å²) in [6.45, 7) is 0.752. The molecule has 0 bridgehead atoms. The zero-order chi connectivity index (χ0) is 13.0. The van der Waals surface area contributed by atoms with E-state index in [0.29, 0.717) is 0 Å². The summed E-state index contributed by atoms with van der Waals surface area (Å²) in [7, 11) is 1.99. The quantitative estimate of drug-likeness (QED) is 0.921. The first kappa shape index (κ1) is 12.9. The van der Waals surface area contributed by atoms with Gasteiger partial charge in [-0.1, -0.05) is 23.7 Å². The van der Waals surface area contributed by atoms with Crippen LogP contribution in [0, 0.1) is 0 Å². The van der Waals surface area contributed by atoms with Gasteiger partial charge in [0.1, 0.15) is 0 Å². The number of hydrogen-bond donors (Lipinski definition) is 1. The lowest BCUT2D eigenvalue weighted by Crippen LogP contribution is -2.18. The molecule has 0 amide bonds. The standard InChI is InChI=1S/C14H15ClN2O/c1-17(9-11-2-4-13(15)5-3-11)14-6-7-16-8-12(14)10-18/h2-8,18H,9-10H2,1H3. The van der Waals surface area contributed by atoms with E-state index in [9.17, 15) is 5.11 Å². The average Bonchev–Trinajstić information content (AvgIpc) is 2.41. The summed E-state index contributed by atoms with van der Waals surface area (Å²) in [5, 5.41) is 10.0. The van der Waals surface area contributed by atoms with E-state index in [2.05, 4.69) is 9.88 Å². The normalized spacial score (nSPS) is 10.4. The lowest BCUT2D eigenvalue weighted by Gasteiger charge is -2.21. The minimum absolute atomic E-state index is 0.00582. The first-order valence-electron chi connectivity index (χ1n) is 5.70. The van der Waals surface area contributed by atoms with Crippen molar-refractivity contribution in [3.05, 3.63) is 58.9 Å². The first-order chi connectivity index (χ1) is 8.70. The molecule has 0 aliphatic rings. The van der Waals surface area contributed by atoms with Crippen molar-refractivity contribution in [2.75, 3.05) is 11.9 Å². The van der Waals surface area contributed by atoms with Crippen molar-refractivity contribution in [1.82, 2.24) is 4.98 Å². The van der Waals surface area contributed by atoms with Crippen LogP contribution in [0.5, 0.6) is 0 Å². The molecule has 0 aliphatic carbocycles. The number of pyridine rings is 1. The summed E-state index contributed by atoms with van der Waals surface area (Å²) < 4.78 is 0. The Labute approximate surface area is 112 Å². The van der Waals surface area contributed by atoms with Gasteiger partial charge in [0.2, 0.25) is 0 Å². The number of halogens is 1. The zero-order valence-corrected chi connectivity index (χ0v) is 10.9. The Morgan fingerprint density at radius 3 is 2.61 bits per heavy atom. The molecule has 4 heteroatoms. The molecule has 0 spiro atoms. The number of anilines is 1. The molecule has 1 aromatic carbocycles. The van der Waals surface area contributed by atoms with Gasteiger partial charge < -0.3 is 10.0 Å². The summed E-state index contributed by atoms with van der Waals surface area (Å²) in [4.78, 5) is 6.09. The molecule has 18 heavy (non-hydrogen) atoms. The molecule has 3 nitrogen and oxygen atoms in total. The Kier molecular flexibility index (Phi) is 4.18. The van der Waals surface area contributed by atoms with Gasteiger partial charge in [0.25, 0.3) is 0 Å². The molecule has 1 N–H and O–H groups in total. The highest BCUT2D eigenvalue weighted by Gasteiger charge is 2.07. The van der Waals surface area contributed by atoms with E-state index in [-0.39, 0.29) is 6.61 Å². The van der Waals surface area contributed by atoms with E-state index in [1.165, 1.54) is 5.56 Å². The maximum Gasteiger partial charge on any atom is 0.0717 e. The molecule has 94 valence electrons. The van der Waals surface area contributed by atoms with Crippen LogP contribution in [0.15, 0.2) is 42.7 Å². The van der Waals surface area contributed by atoms with Crippen LogP contribution in [-0.4, -0.2) is 17.1 Å². The Bertz CT molecular complexity index is 513. The largest absolute Gasteiger partial charge is 0.392 e. The smallest absolute Gasteiger partial charge is 0.0717 e. The fourth-order valence-electron chi connectivity index (χ4n) is 1.86. The van der Waals surface area contributed by atoms with Gasteiger partial charge in [-0.2, -0.15) is 0 Å². The number of aliphatic hydroxyl groups is 1. The Hall–Kier alpha value is -1.58. The maximum absolute atomic E-state index is 9.29. The van der Waals surface area contributed by atoms with Crippen LogP contribution >= 0.6 is 11.6 Å². The van der Waals surface area contributed by atoms with Gasteiger partial charge in [0.15, 0.2) is 0 Å². The molecule has 0 fully saturated rings. The fourth-order valence-corrected chi connectivity index (χ4v) is 1.99. The van der Waals surface area contributed by atoms with E-state index >= 15 is 0 Å². The van der Waals surface area contributed by atoms with Crippen LogP contribution in [0.1, 0.15) is 11.1 Å². The van der Waals surface area contributed by atoms with Gasteiger partial charge in [-0.05, 0) is 23.8 Å². The number of rotatable bonds is 4. The summed E-state index contributed by atoms with van der Waals surface area (Å²) in [6.07, 6.45) is 3.42. The van der Waals surface area contributed by atoms with Crippen molar-refractivity contribution in [2.24, 2.45) is 0 Å². The number of benzene rings is 1. The first-order valence-corrected chi connectivity index (χ1v) is 6.08. The molecule has 1 heterocycles. The highest BCUT2D eigenvalue weighted by Crippen LogP contribution is 2.20. The number of hydrogen-bond acceptors (Lipinski definition) is 3. The van der Waals surface area contributed by atoms with E-state index in [4.69, 9.17) is 11.6 Å². The van der Waals surface area contributed by atoms with Crippen molar-refractivity contribution in [3.63, 3.8) is 0 Å². The minimum Gasteiger partial charge on any atom is -0.392 e. The SMILES string of the molecule is CN(Cc1ccc(Cl)cc1)c1ccncc1CO. The average molecular weight is 263 g/mol. The fraction of sp³-hybridized carbons (Fsp3) is 0.214. The lowest BCUT2D eigenvalue weighted by atomic mass is 10.2. The van der Waals surface area contributed by atoms with E-state index in [1.807, 2.05) is 37.4 Å². The van der Waals surface area contributed by atoms with E-state index < -0.39 is 0 Å². The van der Waals surface area contributed by atoms with Crippen LogP contribution in [-0.2, 0) is 13.2 Å². The lowest BCUT2D eigenvalue weighted by molar-refractivity contribution is 0.281. The van der Waals surface area contributed by atoms with E-state index in [1.54, 1.807) is 12.4 Å². The highest BCUT2D eigenvalue weighted by molar-refractivity contribution is 6.30. The molecule has 0 unspecified atom stereocenters. The monoisotopic (exact) mass is 262 g/mol. The summed E-state index contributed by atoms with van der Waals surface area (Å²) in [5.74, 6) is 0. The summed E-state index contributed by atoms with van der Waals surface area (Å²) in [6, 6.07) is 9.66. The van der Waals surface area contributed by atoms with Crippen molar-refractivity contribution in [3.8, 4) is 0 Å². The second-order valence-corrected chi connectivity index (χ2v) is 4.58. The highest BCUT2D eigenvalue weighted by atomic mass is 35.5. The third-order valence-electron chi connectivity index (χ3n) is 2.79. The molecular formula is C14H15ClN2O. The van der Waals surface area contributed by atoms with Gasteiger partial charge >= 0.3 is 0 Å². The third-order valence-corrected chi connectivity index (χ3v) is 3.04. The Morgan fingerprint density at radius 1 is 1.22 bits per heavy atom. The summed E-state index contributed by atoms with van der Waals surface area (Å²) in [5.41, 5.74) is 2.99. The molecular weight excluding hydrogens is 248 g/mol. The molecule has 0 saturated heterocycles. The Morgan fingerprint density at radius 2 is 1.94 bits per heavy atom. The minimum atomic E-state index is -0.00582. The molecule has 0 saturated carbocycles. The van der Waals surface area contributed by atoms with Gasteiger partial charge in [-0.3, -0.25) is 4.98 Å². The second-order valence-electron chi connectivity index (χ2n) is 4.15. The van der Waals surface area contributed by atoms with Gasteiger partial charge in [-0.15, -0.1) is 0 Å². The zero-order valence-electron chi connectivity index (χ0n) is 10.2. The van der Waals surface area contributed by atoms with Crippen LogP contribution in [0.25, 0.3) is 0 Å². The van der Waals surface area contributed by atoms with Gasteiger partial charge in [0, 0.05) is 42.3 Å². The van der Waals surface area contributed by atoms with Gasteiger partial charge in [-0.25, -0.2) is 0 Å². The molecule has 2 rings (SSSR count). The van der Waals surface area contributed by atoms with Crippen molar-refractivity contribution >= 4 is 17.3 Å². The van der Waals surface area contributed by atoms with Gasteiger partial charge in [0.05, 0.1) is 6.61 Å². The topological polar surface area (TPSA) is 36.4 Å². The Balaban J connectivity index is 2.16. The van der Waals surface area contributed by atoms with Crippen LogP contribution in [0.4, 0.5) is 5.69 Å². The number of aromatic nitrogens is 1. The molecule has 2 aromatic rings. The maximum atomic E-state index is 9.29. The molecule has 0 aliphatic heterocycles. The van der Waals surface area contributed by atoms with Crippen LogP contribution < -0.4 is 4.90 Å². The molecule has 1 aromatic heterocycles. The van der Waals surface area contributed by atoms with Crippen LogP contribution in [0.2, 0.25) is 5.02 Å². The number of aliphatic hydroxyl groups excluding tert-OH is 1. The molecule has 0 atom stereocenters. The second kappa shape index (κ2) is 5.85. The summed E-state index contributed by atoms with van der Waals surface area (Å²) >= 11 is 5.86. The van der Waals surface area contributed by atoms with Crippen molar-refractivity contribution in [2.45, 2.75) is 13.2 Å².